The van der Waals surface area contributed by atoms with Gasteiger partial charge in [0, 0.05) is 17.4 Å². The van der Waals surface area contributed by atoms with Crippen molar-refractivity contribution >= 4 is 15.9 Å². The molecule has 0 saturated carbocycles. The number of alkyl halides is 1. The number of benzene rings is 1. The van der Waals surface area contributed by atoms with Crippen LogP contribution in [0.15, 0.2) is 12.1 Å². The molecule has 0 radical (unpaired) electrons. The second kappa shape index (κ2) is 5.93. The molecule has 4 heteroatoms. The minimum absolute atomic E-state index is 0.305. The predicted octanol–water partition coefficient (Wildman–Crippen LogP) is 3.48. The second-order valence-corrected chi connectivity index (χ2v) is 5.58. The van der Waals surface area contributed by atoms with Gasteiger partial charge < -0.3 is 14.2 Å². The summed E-state index contributed by atoms with van der Waals surface area (Å²) in [6.45, 7) is 3.78. The molecule has 0 aliphatic carbocycles. The van der Waals surface area contributed by atoms with Crippen LogP contribution in [0, 0.1) is 12.8 Å². The van der Waals surface area contributed by atoms with Gasteiger partial charge in [-0.15, -0.1) is 0 Å². The van der Waals surface area contributed by atoms with Gasteiger partial charge in [-0.05, 0) is 36.6 Å². The van der Waals surface area contributed by atoms with E-state index in [1.165, 1.54) is 11.1 Å². The molecular weight excluding hydrogens is 296 g/mol. The van der Waals surface area contributed by atoms with E-state index in [1.54, 1.807) is 14.2 Å². The molecule has 1 aliphatic heterocycles. The van der Waals surface area contributed by atoms with E-state index < -0.39 is 0 Å². The first-order valence-electron chi connectivity index (χ1n) is 6.11. The summed E-state index contributed by atoms with van der Waals surface area (Å²) in [5, 5.41) is 0. The Morgan fingerprint density at radius 1 is 1.28 bits per heavy atom. The maximum atomic E-state index is 5.46. The lowest BCUT2D eigenvalue weighted by atomic mass is 9.95. The highest BCUT2D eigenvalue weighted by atomic mass is 79.9. The summed E-state index contributed by atoms with van der Waals surface area (Å²) in [5.41, 5.74) is 2.46. The molecule has 1 saturated heterocycles. The molecule has 0 N–H and O–H groups in total. The van der Waals surface area contributed by atoms with Crippen molar-refractivity contribution in [2.75, 3.05) is 27.4 Å². The van der Waals surface area contributed by atoms with E-state index in [0.29, 0.717) is 10.7 Å². The Kier molecular flexibility index (Phi) is 4.51. The quantitative estimate of drug-likeness (QED) is 0.796. The highest BCUT2D eigenvalue weighted by Crippen LogP contribution is 2.41. The third kappa shape index (κ3) is 2.64. The molecule has 0 amide bonds. The maximum absolute atomic E-state index is 5.46. The van der Waals surface area contributed by atoms with Crippen LogP contribution in [0.3, 0.4) is 0 Å². The van der Waals surface area contributed by atoms with Crippen LogP contribution in [-0.4, -0.2) is 27.4 Å². The van der Waals surface area contributed by atoms with Crippen molar-refractivity contribution in [1.82, 2.24) is 0 Å². The van der Waals surface area contributed by atoms with Crippen LogP contribution < -0.4 is 9.47 Å². The van der Waals surface area contributed by atoms with E-state index in [2.05, 4.69) is 28.9 Å². The van der Waals surface area contributed by atoms with E-state index in [-0.39, 0.29) is 0 Å². The normalized spacial score (nSPS) is 20.8. The zero-order chi connectivity index (χ0) is 13.1. The van der Waals surface area contributed by atoms with E-state index in [9.17, 15) is 0 Å². The van der Waals surface area contributed by atoms with Crippen LogP contribution in [0.1, 0.15) is 22.4 Å². The minimum Gasteiger partial charge on any atom is -0.493 e. The maximum Gasteiger partial charge on any atom is 0.161 e. The summed E-state index contributed by atoms with van der Waals surface area (Å²) in [4.78, 5) is 0.305. The number of aryl methyl sites for hydroxylation is 1. The summed E-state index contributed by atoms with van der Waals surface area (Å²) >= 11 is 3.80. The largest absolute Gasteiger partial charge is 0.493 e. The molecule has 0 spiro atoms. The molecule has 1 aromatic rings. The third-order valence-corrected chi connectivity index (χ3v) is 4.69. The van der Waals surface area contributed by atoms with Crippen molar-refractivity contribution in [3.63, 3.8) is 0 Å². The van der Waals surface area contributed by atoms with Crippen molar-refractivity contribution in [1.29, 1.82) is 0 Å². The number of halogens is 1. The number of methoxy groups -OCH3 is 2. The zero-order valence-corrected chi connectivity index (χ0v) is 12.6. The summed E-state index contributed by atoms with van der Waals surface area (Å²) in [6, 6.07) is 4.09. The van der Waals surface area contributed by atoms with Gasteiger partial charge in [0.2, 0.25) is 0 Å². The van der Waals surface area contributed by atoms with Crippen LogP contribution >= 0.6 is 15.9 Å². The molecule has 0 aromatic heterocycles. The van der Waals surface area contributed by atoms with Crippen molar-refractivity contribution in [2.24, 2.45) is 5.92 Å². The van der Waals surface area contributed by atoms with E-state index in [0.717, 1.165) is 31.1 Å². The van der Waals surface area contributed by atoms with Gasteiger partial charge in [0.25, 0.3) is 0 Å². The molecule has 2 unspecified atom stereocenters. The van der Waals surface area contributed by atoms with Crippen molar-refractivity contribution in [2.45, 2.75) is 18.2 Å². The van der Waals surface area contributed by atoms with Crippen molar-refractivity contribution in [3.05, 3.63) is 23.3 Å². The first-order valence-corrected chi connectivity index (χ1v) is 7.03. The number of hydrogen-bond donors (Lipinski definition) is 0. The molecule has 18 heavy (non-hydrogen) atoms. The van der Waals surface area contributed by atoms with Gasteiger partial charge in [0.15, 0.2) is 11.5 Å². The molecule has 100 valence electrons. The fraction of sp³-hybridized carbons (Fsp3) is 0.571. The molecule has 1 fully saturated rings. The van der Waals surface area contributed by atoms with Gasteiger partial charge in [-0.2, -0.15) is 0 Å². The Morgan fingerprint density at radius 2 is 1.94 bits per heavy atom. The second-order valence-electron chi connectivity index (χ2n) is 4.59. The highest BCUT2D eigenvalue weighted by Gasteiger charge is 2.27. The topological polar surface area (TPSA) is 27.7 Å². The lowest BCUT2D eigenvalue weighted by Crippen LogP contribution is -2.09. The summed E-state index contributed by atoms with van der Waals surface area (Å²) < 4.78 is 16.1. The fourth-order valence-electron chi connectivity index (χ4n) is 2.33. The van der Waals surface area contributed by atoms with E-state index in [4.69, 9.17) is 14.2 Å². The molecule has 1 aromatic carbocycles. The zero-order valence-electron chi connectivity index (χ0n) is 11.0. The van der Waals surface area contributed by atoms with Gasteiger partial charge in [-0.25, -0.2) is 0 Å². The average Bonchev–Trinajstić information content (AvgIpc) is 2.91. The van der Waals surface area contributed by atoms with Gasteiger partial charge in [0.1, 0.15) is 0 Å². The van der Waals surface area contributed by atoms with E-state index >= 15 is 0 Å². The summed E-state index contributed by atoms with van der Waals surface area (Å²) in [5.74, 6) is 2.09. The summed E-state index contributed by atoms with van der Waals surface area (Å²) in [7, 11) is 3.33. The van der Waals surface area contributed by atoms with Crippen LogP contribution in [0.4, 0.5) is 0 Å². The van der Waals surface area contributed by atoms with Crippen molar-refractivity contribution in [3.8, 4) is 11.5 Å². The molecule has 1 heterocycles. The highest BCUT2D eigenvalue weighted by molar-refractivity contribution is 9.09. The molecule has 3 nitrogen and oxygen atoms in total. The number of ether oxygens (including phenoxy) is 3. The van der Waals surface area contributed by atoms with Crippen LogP contribution in [0.2, 0.25) is 0 Å². The number of rotatable bonds is 4. The molecule has 1 aliphatic rings. The standard InChI is InChI=1S/C14H19BrO3/c1-9-6-12(16-2)13(17-3)7-11(9)14(15)10-4-5-18-8-10/h6-7,10,14H,4-5,8H2,1-3H3. The SMILES string of the molecule is COc1cc(C)c(C(Br)C2CCOC2)cc1OC. The molecule has 2 rings (SSSR count). The number of hydrogen-bond acceptors (Lipinski definition) is 3. The first kappa shape index (κ1) is 13.7. The van der Waals surface area contributed by atoms with Crippen molar-refractivity contribution < 1.29 is 14.2 Å². The van der Waals surface area contributed by atoms with Crippen LogP contribution in [0.25, 0.3) is 0 Å². The Hall–Kier alpha value is -0.740. The Labute approximate surface area is 117 Å². The smallest absolute Gasteiger partial charge is 0.161 e. The van der Waals surface area contributed by atoms with Gasteiger partial charge in [0.05, 0.1) is 20.8 Å². The lowest BCUT2D eigenvalue weighted by molar-refractivity contribution is 0.185. The van der Waals surface area contributed by atoms with Gasteiger partial charge >= 0.3 is 0 Å². The van der Waals surface area contributed by atoms with Crippen LogP contribution in [0.5, 0.6) is 11.5 Å². The Balaban J connectivity index is 2.31. The minimum atomic E-state index is 0.305. The molecule has 2 atom stereocenters. The molecular formula is C14H19BrO3. The van der Waals surface area contributed by atoms with Gasteiger partial charge in [-0.3, -0.25) is 0 Å². The van der Waals surface area contributed by atoms with Crippen LogP contribution in [-0.2, 0) is 4.74 Å². The van der Waals surface area contributed by atoms with E-state index in [1.807, 2.05) is 6.07 Å². The lowest BCUT2D eigenvalue weighted by Gasteiger charge is -2.20. The summed E-state index contributed by atoms with van der Waals surface area (Å²) in [6.07, 6.45) is 1.10. The van der Waals surface area contributed by atoms with Gasteiger partial charge in [-0.1, -0.05) is 15.9 Å². The predicted molar refractivity (Wildman–Crippen MR) is 74.9 cm³/mol. The monoisotopic (exact) mass is 314 g/mol. The third-order valence-electron chi connectivity index (χ3n) is 3.45. The average molecular weight is 315 g/mol. The first-order chi connectivity index (χ1) is 8.67. The Morgan fingerprint density at radius 3 is 2.50 bits per heavy atom. The Bertz CT molecular complexity index is 414. The molecule has 0 bridgehead atoms. The fourth-order valence-corrected chi connectivity index (χ4v) is 3.24.